The molecule has 0 N–H and O–H groups in total. The van der Waals surface area contributed by atoms with Gasteiger partial charge < -0.3 is 0 Å². The highest BCUT2D eigenvalue weighted by molar-refractivity contribution is 5.65. The highest BCUT2D eigenvalue weighted by atomic mass is 14.3. The molecule has 0 aliphatic heterocycles. The lowest BCUT2D eigenvalue weighted by molar-refractivity contribution is 0.388. The van der Waals surface area contributed by atoms with E-state index in [0.717, 1.165) is 6.42 Å². The van der Waals surface area contributed by atoms with Crippen LogP contribution >= 0.6 is 0 Å². The second-order valence-corrected chi connectivity index (χ2v) is 9.30. The SMILES string of the molecule is C=C(C)Cc1c(CCCCC)cc(C)c2c1CC(C)(CCC=C(C)C)C=C2. The molecule has 0 saturated heterocycles. The summed E-state index contributed by atoms with van der Waals surface area (Å²) < 4.78 is 0. The number of benzene rings is 1. The van der Waals surface area contributed by atoms with E-state index >= 15 is 0 Å². The second kappa shape index (κ2) is 9.58. The number of hydrogen-bond donors (Lipinski definition) is 0. The molecule has 0 amide bonds. The third-order valence-electron chi connectivity index (χ3n) is 5.92. The van der Waals surface area contributed by atoms with Crippen LogP contribution in [0.2, 0.25) is 0 Å². The molecule has 0 spiro atoms. The quantitative estimate of drug-likeness (QED) is 0.306. The fourth-order valence-electron chi connectivity index (χ4n) is 4.37. The van der Waals surface area contributed by atoms with Crippen molar-refractivity contribution in [2.24, 2.45) is 5.41 Å². The maximum Gasteiger partial charge on any atom is -0.00669 e. The molecule has 27 heavy (non-hydrogen) atoms. The highest BCUT2D eigenvalue weighted by Crippen LogP contribution is 2.40. The molecule has 0 heteroatoms. The first-order valence-electron chi connectivity index (χ1n) is 10.9. The molecule has 0 nitrogen and oxygen atoms in total. The van der Waals surface area contributed by atoms with Crippen LogP contribution in [0.1, 0.15) is 94.5 Å². The van der Waals surface area contributed by atoms with Crippen LogP contribution < -0.4 is 0 Å². The highest BCUT2D eigenvalue weighted by Gasteiger charge is 2.28. The van der Waals surface area contributed by atoms with Crippen molar-refractivity contribution < 1.29 is 0 Å². The van der Waals surface area contributed by atoms with Crippen LogP contribution in [0.3, 0.4) is 0 Å². The van der Waals surface area contributed by atoms with Crippen LogP contribution in [0, 0.1) is 12.3 Å². The van der Waals surface area contributed by atoms with Gasteiger partial charge in [-0.05, 0) is 99.5 Å². The Morgan fingerprint density at radius 2 is 1.96 bits per heavy atom. The van der Waals surface area contributed by atoms with E-state index in [1.165, 1.54) is 67.2 Å². The van der Waals surface area contributed by atoms with Gasteiger partial charge in [-0.25, -0.2) is 0 Å². The number of hydrogen-bond acceptors (Lipinski definition) is 0. The molecule has 0 aromatic heterocycles. The number of unbranched alkanes of at least 4 members (excludes halogenated alkanes) is 2. The Morgan fingerprint density at radius 1 is 1.22 bits per heavy atom. The molecule has 0 heterocycles. The van der Waals surface area contributed by atoms with Gasteiger partial charge in [-0.1, -0.05) is 68.7 Å². The van der Waals surface area contributed by atoms with Crippen molar-refractivity contribution in [2.45, 2.75) is 92.9 Å². The lowest BCUT2D eigenvalue weighted by atomic mass is 9.71. The van der Waals surface area contributed by atoms with E-state index in [2.05, 4.69) is 72.4 Å². The van der Waals surface area contributed by atoms with Crippen LogP contribution in [0.25, 0.3) is 6.08 Å². The van der Waals surface area contributed by atoms with Crippen molar-refractivity contribution in [3.63, 3.8) is 0 Å². The molecule has 0 saturated carbocycles. The van der Waals surface area contributed by atoms with E-state index in [-0.39, 0.29) is 5.41 Å². The van der Waals surface area contributed by atoms with E-state index in [1.807, 2.05) is 0 Å². The van der Waals surface area contributed by atoms with Crippen LogP contribution in [-0.4, -0.2) is 0 Å². The summed E-state index contributed by atoms with van der Waals surface area (Å²) in [5, 5.41) is 0. The molecule has 1 unspecified atom stereocenters. The smallest absolute Gasteiger partial charge is 0.00669 e. The van der Waals surface area contributed by atoms with Gasteiger partial charge in [-0.2, -0.15) is 0 Å². The van der Waals surface area contributed by atoms with Crippen molar-refractivity contribution >= 4 is 6.08 Å². The van der Waals surface area contributed by atoms with E-state index in [4.69, 9.17) is 0 Å². The first-order chi connectivity index (χ1) is 12.8. The Morgan fingerprint density at radius 3 is 2.59 bits per heavy atom. The zero-order chi connectivity index (χ0) is 20.0. The lowest BCUT2D eigenvalue weighted by Crippen LogP contribution is -2.22. The van der Waals surface area contributed by atoms with Gasteiger partial charge in [0, 0.05) is 0 Å². The standard InChI is InChI=1S/C27H40/c1-8-9-10-13-23-18-22(6)24-14-16-27(7,15-11-12-20(2)3)19-26(24)25(23)17-21(4)5/h12,14,16,18H,4,8-11,13,15,17,19H2,1-3,5-7H3. The molecular weight excluding hydrogens is 324 g/mol. The molecule has 1 aromatic rings. The number of rotatable bonds is 9. The summed E-state index contributed by atoms with van der Waals surface area (Å²) in [5.74, 6) is 0. The van der Waals surface area contributed by atoms with Crippen LogP contribution in [-0.2, 0) is 19.3 Å². The predicted molar refractivity (Wildman–Crippen MR) is 122 cm³/mol. The summed E-state index contributed by atoms with van der Waals surface area (Å²) in [7, 11) is 0. The molecule has 1 atom stereocenters. The zero-order valence-electron chi connectivity index (χ0n) is 18.7. The predicted octanol–water partition coefficient (Wildman–Crippen LogP) is 8.17. The third-order valence-corrected chi connectivity index (χ3v) is 5.92. The minimum absolute atomic E-state index is 0.261. The van der Waals surface area contributed by atoms with Gasteiger partial charge in [-0.15, -0.1) is 0 Å². The molecule has 0 fully saturated rings. The maximum absolute atomic E-state index is 4.24. The van der Waals surface area contributed by atoms with E-state index in [0.29, 0.717) is 0 Å². The van der Waals surface area contributed by atoms with E-state index < -0.39 is 0 Å². The van der Waals surface area contributed by atoms with Crippen molar-refractivity contribution in [3.05, 3.63) is 63.8 Å². The number of allylic oxidation sites excluding steroid dienone is 4. The fraction of sp³-hybridized carbons (Fsp3) is 0.556. The normalized spacial score (nSPS) is 18.3. The fourth-order valence-corrected chi connectivity index (χ4v) is 4.37. The van der Waals surface area contributed by atoms with Crippen LogP contribution in [0.5, 0.6) is 0 Å². The Kier molecular flexibility index (Phi) is 7.71. The first kappa shape index (κ1) is 21.7. The molecule has 1 aliphatic carbocycles. The van der Waals surface area contributed by atoms with Gasteiger partial charge >= 0.3 is 0 Å². The molecular formula is C27H40. The topological polar surface area (TPSA) is 0 Å². The summed E-state index contributed by atoms with van der Waals surface area (Å²) in [4.78, 5) is 0. The second-order valence-electron chi connectivity index (χ2n) is 9.30. The van der Waals surface area contributed by atoms with Crippen molar-refractivity contribution in [1.82, 2.24) is 0 Å². The molecule has 1 aromatic carbocycles. The van der Waals surface area contributed by atoms with E-state index in [1.54, 1.807) is 16.7 Å². The van der Waals surface area contributed by atoms with Gasteiger partial charge in [0.05, 0.1) is 0 Å². The summed E-state index contributed by atoms with van der Waals surface area (Å²) in [6.45, 7) is 17.8. The minimum atomic E-state index is 0.261. The van der Waals surface area contributed by atoms with Gasteiger partial charge in [-0.3, -0.25) is 0 Å². The van der Waals surface area contributed by atoms with Crippen LogP contribution in [0.4, 0.5) is 0 Å². The van der Waals surface area contributed by atoms with Crippen molar-refractivity contribution in [2.75, 3.05) is 0 Å². The lowest BCUT2D eigenvalue weighted by Gasteiger charge is -2.33. The van der Waals surface area contributed by atoms with Gasteiger partial charge in [0.25, 0.3) is 0 Å². The average Bonchev–Trinajstić information content (AvgIpc) is 2.57. The Labute approximate surface area is 168 Å². The van der Waals surface area contributed by atoms with Crippen molar-refractivity contribution in [3.8, 4) is 0 Å². The number of fused-ring (bicyclic) bond motifs is 1. The maximum atomic E-state index is 4.24. The summed E-state index contributed by atoms with van der Waals surface area (Å²) in [6.07, 6.45) is 17.0. The third kappa shape index (κ3) is 5.96. The molecule has 148 valence electrons. The van der Waals surface area contributed by atoms with Crippen molar-refractivity contribution in [1.29, 1.82) is 0 Å². The van der Waals surface area contributed by atoms with Crippen LogP contribution in [0.15, 0.2) is 35.9 Å². The molecule has 1 aliphatic rings. The summed E-state index contributed by atoms with van der Waals surface area (Å²) in [6, 6.07) is 2.46. The van der Waals surface area contributed by atoms with E-state index in [9.17, 15) is 0 Å². The molecule has 0 bridgehead atoms. The Balaban J connectivity index is 2.39. The average molecular weight is 365 g/mol. The van der Waals surface area contributed by atoms with Gasteiger partial charge in [0.2, 0.25) is 0 Å². The minimum Gasteiger partial charge on any atom is -0.0998 e. The zero-order valence-corrected chi connectivity index (χ0v) is 18.7. The Hall–Kier alpha value is -1.56. The molecule has 0 radical (unpaired) electrons. The number of aryl methyl sites for hydroxylation is 2. The van der Waals surface area contributed by atoms with Gasteiger partial charge in [0.1, 0.15) is 0 Å². The van der Waals surface area contributed by atoms with Gasteiger partial charge in [0.15, 0.2) is 0 Å². The largest absolute Gasteiger partial charge is 0.0998 e. The first-order valence-corrected chi connectivity index (χ1v) is 10.9. The summed E-state index contributed by atoms with van der Waals surface area (Å²) in [5.41, 5.74) is 10.6. The Bertz CT molecular complexity index is 725. The molecule has 2 rings (SSSR count). The summed E-state index contributed by atoms with van der Waals surface area (Å²) >= 11 is 0. The monoisotopic (exact) mass is 364 g/mol.